The monoisotopic (exact) mass is 242 g/mol. The summed E-state index contributed by atoms with van der Waals surface area (Å²) in [7, 11) is 0. The van der Waals surface area contributed by atoms with E-state index >= 15 is 0 Å². The van der Waals surface area contributed by atoms with Crippen molar-refractivity contribution in [3.63, 3.8) is 0 Å². The maximum absolute atomic E-state index is 8.38. The van der Waals surface area contributed by atoms with Crippen LogP contribution in [0, 0.1) is 11.3 Å². The van der Waals surface area contributed by atoms with Gasteiger partial charge in [0.15, 0.2) is 0 Å². The number of rotatable bonds is 10. The highest BCUT2D eigenvalue weighted by atomic mass is 31.2. The molecule has 0 aliphatic carbocycles. The molecular weight excluding hydrogens is 215 g/mol. The van der Waals surface area contributed by atoms with E-state index in [4.69, 9.17) is 5.26 Å². The second-order valence-electron chi connectivity index (χ2n) is 4.42. The Morgan fingerprint density at radius 1 is 1.12 bits per heavy atom. The number of hydrogen-bond donors (Lipinski definition) is 1. The zero-order chi connectivity index (χ0) is 12.3. The summed E-state index contributed by atoms with van der Waals surface area (Å²) in [5, 5.41) is 11.9. The van der Waals surface area contributed by atoms with Gasteiger partial charge < -0.3 is 5.32 Å². The first-order chi connectivity index (χ1) is 7.68. The lowest BCUT2D eigenvalue weighted by molar-refractivity contribution is 0.623. The number of nitriles is 1. The Hall–Kier alpha value is -0.250. The summed E-state index contributed by atoms with van der Waals surface area (Å²) in [5.74, 6) is 0. The lowest BCUT2D eigenvalue weighted by Gasteiger charge is -2.20. The normalized spacial score (nSPS) is 11.3. The van der Waals surface area contributed by atoms with Gasteiger partial charge in [0.25, 0.3) is 0 Å². The van der Waals surface area contributed by atoms with Crippen molar-refractivity contribution in [1.82, 2.24) is 5.32 Å². The zero-order valence-corrected chi connectivity index (χ0v) is 11.9. The van der Waals surface area contributed by atoms with Gasteiger partial charge in [-0.15, -0.1) is 13.2 Å². The fourth-order valence-electron chi connectivity index (χ4n) is 1.61. The summed E-state index contributed by atoms with van der Waals surface area (Å²) in [6.45, 7) is 5.91. The summed E-state index contributed by atoms with van der Waals surface area (Å²) in [4.78, 5) is 0. The van der Waals surface area contributed by atoms with Gasteiger partial charge in [0.05, 0.1) is 6.07 Å². The van der Waals surface area contributed by atoms with Crippen molar-refractivity contribution in [1.29, 1.82) is 5.26 Å². The first-order valence-electron chi connectivity index (χ1n) is 6.46. The number of hydrogen-bond acceptors (Lipinski definition) is 2. The Kier molecular flexibility index (Phi) is 9.78. The Balaban J connectivity index is 3.34. The SMILES string of the molecule is C=P(CC)(CC)CCNCCCCCC#N. The molecule has 0 fully saturated rings. The van der Waals surface area contributed by atoms with Gasteiger partial charge in [-0.3, -0.25) is 0 Å². The van der Waals surface area contributed by atoms with Crippen LogP contribution in [-0.4, -0.2) is 37.9 Å². The molecule has 0 aromatic carbocycles. The first-order valence-corrected chi connectivity index (χ1v) is 8.99. The van der Waals surface area contributed by atoms with E-state index in [9.17, 15) is 0 Å². The Bertz CT molecular complexity index is 235. The van der Waals surface area contributed by atoms with Crippen LogP contribution >= 0.6 is 6.89 Å². The highest BCUT2D eigenvalue weighted by Crippen LogP contribution is 2.42. The molecule has 0 radical (unpaired) electrons. The lowest BCUT2D eigenvalue weighted by Crippen LogP contribution is -2.20. The van der Waals surface area contributed by atoms with Crippen LogP contribution in [0.25, 0.3) is 0 Å². The number of nitrogens with one attached hydrogen (secondary N) is 1. The van der Waals surface area contributed by atoms with E-state index in [0.29, 0.717) is 6.42 Å². The Labute approximate surface area is 101 Å². The molecule has 0 saturated heterocycles. The van der Waals surface area contributed by atoms with Crippen LogP contribution in [0.2, 0.25) is 0 Å². The minimum atomic E-state index is -0.853. The molecule has 0 atom stereocenters. The van der Waals surface area contributed by atoms with Gasteiger partial charge in [-0.25, -0.2) is 0 Å². The molecule has 0 bridgehead atoms. The summed E-state index contributed by atoms with van der Waals surface area (Å²) < 4.78 is 0. The third kappa shape index (κ3) is 7.97. The highest BCUT2D eigenvalue weighted by Gasteiger charge is 2.07. The molecule has 16 heavy (non-hydrogen) atoms. The Morgan fingerprint density at radius 2 is 1.81 bits per heavy atom. The minimum Gasteiger partial charge on any atom is -0.316 e. The fraction of sp³-hybridized carbons (Fsp3) is 0.846. The van der Waals surface area contributed by atoms with E-state index < -0.39 is 6.89 Å². The van der Waals surface area contributed by atoms with Gasteiger partial charge in [0.1, 0.15) is 0 Å². The van der Waals surface area contributed by atoms with Gasteiger partial charge in [0, 0.05) is 6.42 Å². The van der Waals surface area contributed by atoms with Crippen LogP contribution in [0.4, 0.5) is 0 Å². The number of unbranched alkanes of at least 4 members (excludes halogenated alkanes) is 3. The molecule has 1 N–H and O–H groups in total. The summed E-state index contributed by atoms with van der Waals surface area (Å²) in [5.41, 5.74) is 0. The van der Waals surface area contributed by atoms with E-state index in [1.54, 1.807) is 0 Å². The third-order valence-corrected chi connectivity index (χ3v) is 7.10. The molecule has 0 aliphatic rings. The summed E-state index contributed by atoms with van der Waals surface area (Å²) in [6, 6.07) is 2.18. The van der Waals surface area contributed by atoms with Gasteiger partial charge in [-0.2, -0.15) is 5.26 Å². The lowest BCUT2D eigenvalue weighted by atomic mass is 10.2. The zero-order valence-electron chi connectivity index (χ0n) is 11.0. The van der Waals surface area contributed by atoms with Crippen LogP contribution in [0.5, 0.6) is 0 Å². The van der Waals surface area contributed by atoms with Crippen molar-refractivity contribution in [3.8, 4) is 6.07 Å². The molecule has 0 spiro atoms. The minimum absolute atomic E-state index is 0.708. The largest absolute Gasteiger partial charge is 0.316 e. The molecule has 0 saturated carbocycles. The molecule has 0 aromatic rings. The predicted molar refractivity (Wildman–Crippen MR) is 76.9 cm³/mol. The molecular formula is C13H27N2P. The molecule has 0 rings (SSSR count). The average molecular weight is 242 g/mol. The van der Waals surface area contributed by atoms with Crippen LogP contribution in [0.15, 0.2) is 0 Å². The summed E-state index contributed by atoms with van der Waals surface area (Å²) in [6.07, 6.45) is 12.3. The van der Waals surface area contributed by atoms with Crippen LogP contribution in [-0.2, 0) is 0 Å². The molecule has 0 unspecified atom stereocenters. The molecule has 94 valence electrons. The molecule has 0 aromatic heterocycles. The molecule has 3 heteroatoms. The smallest absolute Gasteiger partial charge is 0.0621 e. The second-order valence-corrected chi connectivity index (χ2v) is 8.81. The molecule has 0 amide bonds. The van der Waals surface area contributed by atoms with Crippen molar-refractivity contribution in [3.05, 3.63) is 0 Å². The first kappa shape index (κ1) is 15.8. The quantitative estimate of drug-likeness (QED) is 0.472. The van der Waals surface area contributed by atoms with Crippen molar-refractivity contribution in [2.24, 2.45) is 0 Å². The fourth-order valence-corrected chi connectivity index (χ4v) is 3.32. The standard InChI is InChI=1S/C13H27N2P/c1-4-16(3,5-2)13-12-15-11-9-7-6-8-10-14/h15H,3-9,11-13H2,1-2H3. The van der Waals surface area contributed by atoms with Gasteiger partial charge in [-0.1, -0.05) is 20.3 Å². The maximum atomic E-state index is 8.38. The predicted octanol–water partition coefficient (Wildman–Crippen LogP) is 3.15. The van der Waals surface area contributed by atoms with E-state index in [1.165, 1.54) is 31.3 Å². The van der Waals surface area contributed by atoms with Crippen LogP contribution in [0.3, 0.4) is 0 Å². The maximum Gasteiger partial charge on any atom is 0.0621 e. The molecule has 0 aliphatic heterocycles. The number of nitrogens with zero attached hydrogens (tertiary/aromatic N) is 1. The van der Waals surface area contributed by atoms with Crippen molar-refractivity contribution in [2.75, 3.05) is 31.6 Å². The van der Waals surface area contributed by atoms with Crippen molar-refractivity contribution < 1.29 is 0 Å². The third-order valence-electron chi connectivity index (χ3n) is 3.25. The van der Waals surface area contributed by atoms with Gasteiger partial charge in [0.2, 0.25) is 0 Å². The van der Waals surface area contributed by atoms with Gasteiger partial charge in [-0.05, 0) is 44.4 Å². The molecule has 0 heterocycles. The van der Waals surface area contributed by atoms with Crippen LogP contribution < -0.4 is 5.32 Å². The average Bonchev–Trinajstić information content (AvgIpc) is 2.32. The topological polar surface area (TPSA) is 35.8 Å². The Morgan fingerprint density at radius 3 is 2.38 bits per heavy atom. The van der Waals surface area contributed by atoms with E-state index in [-0.39, 0.29) is 0 Å². The van der Waals surface area contributed by atoms with Crippen LogP contribution in [0.1, 0.15) is 39.5 Å². The molecule has 2 nitrogen and oxygen atoms in total. The van der Waals surface area contributed by atoms with E-state index in [2.05, 4.69) is 31.5 Å². The second kappa shape index (κ2) is 9.94. The van der Waals surface area contributed by atoms with E-state index in [1.807, 2.05) is 0 Å². The highest BCUT2D eigenvalue weighted by molar-refractivity contribution is 7.73. The summed E-state index contributed by atoms with van der Waals surface area (Å²) >= 11 is 0. The van der Waals surface area contributed by atoms with E-state index in [0.717, 1.165) is 19.5 Å². The van der Waals surface area contributed by atoms with Crippen molar-refractivity contribution >= 4 is 13.2 Å². The van der Waals surface area contributed by atoms with Gasteiger partial charge >= 0.3 is 0 Å². The van der Waals surface area contributed by atoms with Crippen molar-refractivity contribution in [2.45, 2.75) is 39.5 Å².